The highest BCUT2D eigenvalue weighted by Crippen LogP contribution is 2.46. The van der Waals surface area contributed by atoms with Crippen LogP contribution in [-0.2, 0) is 0 Å². The van der Waals surface area contributed by atoms with Crippen LogP contribution in [0.25, 0.3) is 0 Å². The second-order valence-electron chi connectivity index (χ2n) is 3.90. The Morgan fingerprint density at radius 3 is 1.90 bits per heavy atom. The molecule has 0 aliphatic rings. The zero-order chi connectivity index (χ0) is 15.7. The zero-order valence-corrected chi connectivity index (χ0v) is 9.89. The number of benzene rings is 1. The van der Waals surface area contributed by atoms with Crippen LogP contribution in [0.5, 0.6) is 5.75 Å². The van der Waals surface area contributed by atoms with Crippen molar-refractivity contribution in [3.05, 3.63) is 29.6 Å². The molecule has 114 valence electrons. The second-order valence-corrected chi connectivity index (χ2v) is 3.90. The smallest absolute Gasteiger partial charge is 0.403 e. The normalized spacial score (nSPS) is 14.5. The van der Waals surface area contributed by atoms with Gasteiger partial charge in [0.05, 0.1) is 13.2 Å². The Bertz CT molecular complexity index is 453. The summed E-state index contributed by atoms with van der Waals surface area (Å²) >= 11 is 0. The third-order valence-electron chi connectivity index (χ3n) is 2.54. The van der Waals surface area contributed by atoms with Gasteiger partial charge in [-0.3, -0.25) is 0 Å². The van der Waals surface area contributed by atoms with Crippen molar-refractivity contribution >= 4 is 0 Å². The van der Waals surface area contributed by atoms with Crippen LogP contribution in [0.15, 0.2) is 18.2 Å². The van der Waals surface area contributed by atoms with E-state index >= 15 is 0 Å². The lowest BCUT2D eigenvalue weighted by atomic mass is 9.94. The van der Waals surface area contributed by atoms with Gasteiger partial charge in [0.15, 0.2) is 17.5 Å². The lowest BCUT2D eigenvalue weighted by molar-refractivity contribution is -0.307. The van der Waals surface area contributed by atoms with Gasteiger partial charge in [-0.25, -0.2) is 4.39 Å². The average molecular weight is 306 g/mol. The average Bonchev–Trinajstić information content (AvgIpc) is 2.24. The van der Waals surface area contributed by atoms with Crippen LogP contribution in [0.1, 0.15) is 11.7 Å². The van der Waals surface area contributed by atoms with E-state index in [2.05, 4.69) is 4.74 Å². The molecule has 1 aromatic carbocycles. The first-order valence-corrected chi connectivity index (χ1v) is 5.13. The highest BCUT2D eigenvalue weighted by atomic mass is 19.4. The SMILES string of the molecule is COc1ccc(C(O)C(C(F)(F)F)C(F)(F)F)cc1F. The van der Waals surface area contributed by atoms with E-state index in [-0.39, 0.29) is 5.75 Å². The van der Waals surface area contributed by atoms with E-state index in [4.69, 9.17) is 0 Å². The van der Waals surface area contributed by atoms with Gasteiger partial charge in [0.25, 0.3) is 0 Å². The van der Waals surface area contributed by atoms with Gasteiger partial charge in [0.1, 0.15) is 0 Å². The fraction of sp³-hybridized carbons (Fsp3) is 0.455. The monoisotopic (exact) mass is 306 g/mol. The molecular formula is C11H9F7O2. The second kappa shape index (κ2) is 5.47. The number of rotatable bonds is 3. The lowest BCUT2D eigenvalue weighted by Gasteiger charge is -2.27. The Hall–Kier alpha value is -1.51. The highest BCUT2D eigenvalue weighted by molar-refractivity contribution is 5.31. The molecule has 0 saturated carbocycles. The van der Waals surface area contributed by atoms with E-state index in [1.807, 2.05) is 0 Å². The summed E-state index contributed by atoms with van der Waals surface area (Å²) in [5.41, 5.74) is -0.844. The van der Waals surface area contributed by atoms with Gasteiger partial charge in [-0.1, -0.05) is 6.07 Å². The third kappa shape index (κ3) is 3.53. The van der Waals surface area contributed by atoms with Gasteiger partial charge in [-0.15, -0.1) is 0 Å². The number of aliphatic hydroxyl groups excluding tert-OH is 1. The van der Waals surface area contributed by atoms with Crippen molar-refractivity contribution < 1.29 is 40.6 Å². The summed E-state index contributed by atoms with van der Waals surface area (Å²) in [4.78, 5) is 0. The molecule has 0 saturated heterocycles. The van der Waals surface area contributed by atoms with Crippen molar-refractivity contribution in [2.75, 3.05) is 7.11 Å². The van der Waals surface area contributed by atoms with E-state index in [0.717, 1.165) is 19.2 Å². The number of methoxy groups -OCH3 is 1. The van der Waals surface area contributed by atoms with Crippen molar-refractivity contribution in [1.29, 1.82) is 0 Å². The first-order valence-electron chi connectivity index (χ1n) is 5.13. The van der Waals surface area contributed by atoms with Crippen molar-refractivity contribution in [3.63, 3.8) is 0 Å². The maximum atomic E-state index is 13.3. The van der Waals surface area contributed by atoms with Crippen LogP contribution in [-0.4, -0.2) is 24.6 Å². The van der Waals surface area contributed by atoms with Gasteiger partial charge >= 0.3 is 12.4 Å². The Kier molecular flexibility index (Phi) is 4.52. The third-order valence-corrected chi connectivity index (χ3v) is 2.54. The number of aliphatic hydroxyl groups is 1. The fourth-order valence-electron chi connectivity index (χ4n) is 1.60. The van der Waals surface area contributed by atoms with E-state index < -0.39 is 35.8 Å². The van der Waals surface area contributed by atoms with E-state index in [0.29, 0.717) is 6.07 Å². The van der Waals surface area contributed by atoms with Gasteiger partial charge in [0, 0.05) is 0 Å². The molecule has 0 aromatic heterocycles. The van der Waals surface area contributed by atoms with Crippen LogP contribution in [0.3, 0.4) is 0 Å². The molecule has 1 N–H and O–H groups in total. The molecule has 2 nitrogen and oxygen atoms in total. The fourth-order valence-corrected chi connectivity index (χ4v) is 1.60. The molecule has 1 rings (SSSR count). The molecule has 0 heterocycles. The summed E-state index contributed by atoms with van der Waals surface area (Å²) in [6.45, 7) is 0. The van der Waals surface area contributed by atoms with Crippen LogP contribution < -0.4 is 4.74 Å². The molecule has 0 bridgehead atoms. The van der Waals surface area contributed by atoms with Crippen molar-refractivity contribution in [1.82, 2.24) is 0 Å². The molecule has 0 aliphatic carbocycles. The van der Waals surface area contributed by atoms with Gasteiger partial charge in [-0.05, 0) is 17.7 Å². The first kappa shape index (κ1) is 16.5. The number of halogens is 7. The molecule has 9 heteroatoms. The quantitative estimate of drug-likeness (QED) is 0.865. The molecular weight excluding hydrogens is 297 g/mol. The minimum atomic E-state index is -5.71. The molecule has 1 atom stereocenters. The van der Waals surface area contributed by atoms with Gasteiger partial charge < -0.3 is 9.84 Å². The Balaban J connectivity index is 3.20. The molecule has 20 heavy (non-hydrogen) atoms. The topological polar surface area (TPSA) is 29.5 Å². The molecule has 0 amide bonds. The molecule has 0 spiro atoms. The molecule has 1 unspecified atom stereocenters. The van der Waals surface area contributed by atoms with E-state index in [1.54, 1.807) is 0 Å². The Morgan fingerprint density at radius 1 is 1.05 bits per heavy atom. The Morgan fingerprint density at radius 2 is 1.55 bits per heavy atom. The van der Waals surface area contributed by atoms with Crippen molar-refractivity contribution in [2.45, 2.75) is 18.5 Å². The predicted octanol–water partition coefficient (Wildman–Crippen LogP) is 3.61. The van der Waals surface area contributed by atoms with Crippen LogP contribution in [0.2, 0.25) is 0 Å². The van der Waals surface area contributed by atoms with E-state index in [9.17, 15) is 35.8 Å². The highest BCUT2D eigenvalue weighted by Gasteiger charge is 2.60. The van der Waals surface area contributed by atoms with Crippen LogP contribution in [0.4, 0.5) is 30.7 Å². The number of hydrogen-bond acceptors (Lipinski definition) is 2. The van der Waals surface area contributed by atoms with Crippen molar-refractivity contribution in [3.8, 4) is 5.75 Å². The van der Waals surface area contributed by atoms with Gasteiger partial charge in [-0.2, -0.15) is 26.3 Å². The van der Waals surface area contributed by atoms with Crippen molar-refractivity contribution in [2.24, 2.45) is 5.92 Å². The predicted molar refractivity (Wildman–Crippen MR) is 53.5 cm³/mol. The Labute approximate surface area is 108 Å². The standard InChI is InChI=1S/C11H9F7O2/c1-20-7-3-2-5(4-6(7)12)8(19)9(10(13,14)15)11(16,17)18/h2-4,8-9,19H,1H3. The minimum absolute atomic E-state index is 0.364. The summed E-state index contributed by atoms with van der Waals surface area (Å²) in [5.74, 6) is -5.54. The molecule has 0 aliphatic heterocycles. The minimum Gasteiger partial charge on any atom is -0.494 e. The number of ether oxygens (including phenoxy) is 1. The zero-order valence-electron chi connectivity index (χ0n) is 9.89. The molecule has 0 radical (unpaired) electrons. The maximum absolute atomic E-state index is 13.3. The van der Waals surface area contributed by atoms with E-state index in [1.165, 1.54) is 0 Å². The summed E-state index contributed by atoms with van der Waals surface area (Å²) in [6.07, 6.45) is -14.4. The number of alkyl halides is 6. The van der Waals surface area contributed by atoms with Gasteiger partial charge in [0.2, 0.25) is 0 Å². The molecule has 0 fully saturated rings. The maximum Gasteiger partial charge on any atom is 0.403 e. The largest absolute Gasteiger partial charge is 0.494 e. The van der Waals surface area contributed by atoms with Crippen LogP contribution >= 0.6 is 0 Å². The molecule has 1 aromatic rings. The summed E-state index contributed by atoms with van der Waals surface area (Å²) in [5, 5.41) is 9.29. The first-order chi connectivity index (χ1) is 8.98. The van der Waals surface area contributed by atoms with Crippen LogP contribution in [0, 0.1) is 11.7 Å². The summed E-state index contributed by atoms with van der Waals surface area (Å²) in [6, 6.07) is 1.93. The lowest BCUT2D eigenvalue weighted by Crippen LogP contribution is -2.40. The summed E-state index contributed by atoms with van der Waals surface area (Å²) < 4.78 is 92.1. The number of hydrogen-bond donors (Lipinski definition) is 1. The summed E-state index contributed by atoms with van der Waals surface area (Å²) in [7, 11) is 1.07.